The number of carboxylic acid groups (broad SMARTS) is 1. The van der Waals surface area contributed by atoms with Crippen LogP contribution in [0.5, 0.6) is 0 Å². The van der Waals surface area contributed by atoms with Crippen LogP contribution in [0.2, 0.25) is 0 Å². The zero-order valence-corrected chi connectivity index (χ0v) is 20.9. The van der Waals surface area contributed by atoms with E-state index in [2.05, 4.69) is 5.32 Å². The number of fused-ring (bicyclic) bond motifs is 1. The molecule has 2 N–H and O–H groups in total. The second kappa shape index (κ2) is 10.5. The number of nitrogens with zero attached hydrogens (tertiary/aromatic N) is 2. The molecule has 0 saturated heterocycles. The number of carboxylic acids is 1. The predicted molar refractivity (Wildman–Crippen MR) is 143 cm³/mol. The molecule has 0 aliphatic rings. The first-order valence-electron chi connectivity index (χ1n) is 11.3. The monoisotopic (exact) mass is 499 g/mol. The second-order valence-corrected chi connectivity index (χ2v) is 9.34. The highest BCUT2D eigenvalue weighted by Crippen LogP contribution is 2.41. The van der Waals surface area contributed by atoms with Gasteiger partial charge in [-0.2, -0.15) is 0 Å². The summed E-state index contributed by atoms with van der Waals surface area (Å²) < 4.78 is 0.910. The van der Waals surface area contributed by atoms with Crippen LogP contribution < -0.4 is 10.2 Å². The number of amides is 2. The molecule has 4 aromatic rings. The Balaban J connectivity index is 1.85. The van der Waals surface area contributed by atoms with Gasteiger partial charge in [-0.3, -0.25) is 19.3 Å². The van der Waals surface area contributed by atoms with E-state index in [1.54, 1.807) is 6.07 Å². The van der Waals surface area contributed by atoms with Crippen molar-refractivity contribution >= 4 is 45.5 Å². The molecule has 0 spiro atoms. The Morgan fingerprint density at radius 3 is 2.50 bits per heavy atom. The molecule has 0 atom stereocenters. The number of hydrogen-bond donors (Lipinski definition) is 2. The van der Waals surface area contributed by atoms with Crippen LogP contribution in [0.15, 0.2) is 66.9 Å². The van der Waals surface area contributed by atoms with Crippen LogP contribution >= 0.6 is 11.3 Å². The minimum Gasteiger partial charge on any atom is -0.481 e. The zero-order chi connectivity index (χ0) is 25.8. The summed E-state index contributed by atoms with van der Waals surface area (Å²) in [5, 5.41) is 12.8. The van der Waals surface area contributed by atoms with Gasteiger partial charge >= 0.3 is 5.97 Å². The summed E-state index contributed by atoms with van der Waals surface area (Å²) in [6, 6.07) is 17.3. The topological polar surface area (TPSA) is 99.6 Å². The van der Waals surface area contributed by atoms with Crippen LogP contribution in [0.3, 0.4) is 0 Å². The fraction of sp³-hybridized carbons (Fsp3) is 0.143. The van der Waals surface area contributed by atoms with E-state index < -0.39 is 5.97 Å². The fourth-order valence-electron chi connectivity index (χ4n) is 3.98. The van der Waals surface area contributed by atoms with Crippen molar-refractivity contribution in [2.24, 2.45) is 0 Å². The number of carbonyl (C=O) groups excluding carboxylic acids is 2. The van der Waals surface area contributed by atoms with Crippen molar-refractivity contribution in [3.8, 4) is 21.7 Å². The molecule has 0 aliphatic heterocycles. The molecule has 0 aliphatic carbocycles. The summed E-state index contributed by atoms with van der Waals surface area (Å²) >= 11 is 1.48. The Labute approximate surface area is 212 Å². The second-order valence-electron chi connectivity index (χ2n) is 8.34. The zero-order valence-electron chi connectivity index (χ0n) is 20.1. The molecular weight excluding hydrogens is 474 g/mol. The number of likely N-dealkylation sites (N-methyl/N-ethyl adjacent to an activating group) is 1. The van der Waals surface area contributed by atoms with Crippen molar-refractivity contribution < 1.29 is 19.5 Å². The molecule has 0 saturated carbocycles. The van der Waals surface area contributed by atoms with E-state index in [0.717, 1.165) is 48.6 Å². The Morgan fingerprint density at radius 1 is 1.08 bits per heavy atom. The summed E-state index contributed by atoms with van der Waals surface area (Å²) in [4.78, 5) is 41.1. The molecule has 8 heteroatoms. The van der Waals surface area contributed by atoms with Gasteiger partial charge < -0.3 is 10.4 Å². The van der Waals surface area contributed by atoms with E-state index in [-0.39, 0.29) is 12.3 Å². The van der Waals surface area contributed by atoms with Gasteiger partial charge in [-0.05, 0) is 48.7 Å². The molecule has 1 aromatic heterocycles. The Kier molecular flexibility index (Phi) is 7.26. The Bertz CT molecular complexity index is 1490. The average molecular weight is 500 g/mol. The van der Waals surface area contributed by atoms with E-state index in [1.807, 2.05) is 62.4 Å². The number of carbonyl (C=O) groups is 3. The first-order chi connectivity index (χ1) is 17.3. The quantitative estimate of drug-likeness (QED) is 0.260. The van der Waals surface area contributed by atoms with Gasteiger partial charge in [-0.15, -0.1) is 11.3 Å². The SMILES string of the molecule is CNC(=O)/C=C\N(C=O)c1cccc(-c2nc3cc(C)c(CC(=O)O)c(-c4ccc(C)cc4)c3s2)c1. The number of thiazole rings is 1. The summed E-state index contributed by atoms with van der Waals surface area (Å²) in [7, 11) is 1.51. The standard InChI is InChI=1S/C28H25N3O4S/c1-17-7-9-19(10-8-17)26-22(15-25(34)35)18(2)13-23-27(26)36-28(30-23)20-5-4-6-21(14-20)31(16-32)12-11-24(33)29-3/h4-14,16H,15H2,1-3H3,(H,29,33)(H,34,35)/b12-11-. The number of aliphatic carboxylic acids is 1. The van der Waals surface area contributed by atoms with Gasteiger partial charge in [-0.1, -0.05) is 42.0 Å². The Morgan fingerprint density at radius 2 is 1.83 bits per heavy atom. The van der Waals surface area contributed by atoms with Gasteiger partial charge in [0.1, 0.15) is 5.01 Å². The highest BCUT2D eigenvalue weighted by Gasteiger charge is 2.19. The summed E-state index contributed by atoms with van der Waals surface area (Å²) in [6.45, 7) is 3.92. The van der Waals surface area contributed by atoms with Gasteiger partial charge in [0.2, 0.25) is 12.3 Å². The fourth-order valence-corrected chi connectivity index (χ4v) is 5.11. The maximum atomic E-state index is 11.7. The number of hydrogen-bond acceptors (Lipinski definition) is 5. The van der Waals surface area contributed by atoms with Crippen molar-refractivity contribution in [1.82, 2.24) is 10.3 Å². The van der Waals surface area contributed by atoms with Crippen molar-refractivity contribution in [3.63, 3.8) is 0 Å². The third-order valence-corrected chi connectivity index (χ3v) is 6.96. The van der Waals surface area contributed by atoms with Crippen LogP contribution in [-0.4, -0.2) is 35.4 Å². The maximum Gasteiger partial charge on any atom is 0.307 e. The number of aromatic nitrogens is 1. The van der Waals surface area contributed by atoms with Crippen LogP contribution in [-0.2, 0) is 20.8 Å². The molecule has 0 unspecified atom stereocenters. The number of rotatable bonds is 8. The first-order valence-corrected chi connectivity index (χ1v) is 12.1. The number of benzene rings is 3. The highest BCUT2D eigenvalue weighted by atomic mass is 32.1. The minimum atomic E-state index is -0.887. The minimum absolute atomic E-state index is 0.0837. The molecule has 3 aromatic carbocycles. The highest BCUT2D eigenvalue weighted by molar-refractivity contribution is 7.22. The third-order valence-electron chi connectivity index (χ3n) is 5.82. The van der Waals surface area contributed by atoms with Crippen LogP contribution in [0.25, 0.3) is 31.9 Å². The van der Waals surface area contributed by atoms with Gasteiger partial charge in [0.15, 0.2) is 0 Å². The maximum absolute atomic E-state index is 11.7. The van der Waals surface area contributed by atoms with Crippen molar-refractivity contribution in [2.75, 3.05) is 11.9 Å². The summed E-state index contributed by atoms with van der Waals surface area (Å²) in [5.74, 6) is -1.21. The number of anilines is 1. The molecule has 36 heavy (non-hydrogen) atoms. The van der Waals surface area contributed by atoms with E-state index in [9.17, 15) is 19.5 Å². The molecule has 4 rings (SSSR count). The van der Waals surface area contributed by atoms with E-state index in [0.29, 0.717) is 12.1 Å². The van der Waals surface area contributed by atoms with Crippen LogP contribution in [0.1, 0.15) is 16.7 Å². The van der Waals surface area contributed by atoms with Crippen molar-refractivity contribution in [3.05, 3.63) is 83.6 Å². The predicted octanol–water partition coefficient (Wildman–Crippen LogP) is 5.10. The van der Waals surface area contributed by atoms with Gasteiger partial charge in [0, 0.05) is 36.1 Å². The lowest BCUT2D eigenvalue weighted by Gasteiger charge is -2.13. The lowest BCUT2D eigenvalue weighted by molar-refractivity contribution is -0.136. The van der Waals surface area contributed by atoms with Crippen LogP contribution in [0.4, 0.5) is 5.69 Å². The number of nitrogens with one attached hydrogen (secondary N) is 1. The first kappa shape index (κ1) is 24.8. The lowest BCUT2D eigenvalue weighted by Crippen LogP contribution is -2.18. The molecule has 2 amide bonds. The summed E-state index contributed by atoms with van der Waals surface area (Å²) in [5.41, 5.74) is 6.77. The molecule has 0 radical (unpaired) electrons. The molecule has 0 bridgehead atoms. The third kappa shape index (κ3) is 5.18. The van der Waals surface area contributed by atoms with Crippen LogP contribution in [0, 0.1) is 13.8 Å². The van der Waals surface area contributed by atoms with Gasteiger partial charge in [-0.25, -0.2) is 4.98 Å². The van der Waals surface area contributed by atoms with Crippen molar-refractivity contribution in [2.45, 2.75) is 20.3 Å². The number of aryl methyl sites for hydroxylation is 2. The molecule has 0 fully saturated rings. The molecule has 182 valence electrons. The van der Waals surface area contributed by atoms with E-state index in [1.165, 1.54) is 35.6 Å². The molecular formula is C28H25N3O4S. The lowest BCUT2D eigenvalue weighted by atomic mass is 9.93. The molecule has 1 heterocycles. The van der Waals surface area contributed by atoms with E-state index in [4.69, 9.17) is 4.98 Å². The molecule has 7 nitrogen and oxygen atoms in total. The largest absolute Gasteiger partial charge is 0.481 e. The van der Waals surface area contributed by atoms with Crippen molar-refractivity contribution in [1.29, 1.82) is 0 Å². The average Bonchev–Trinajstić information content (AvgIpc) is 3.29. The van der Waals surface area contributed by atoms with Gasteiger partial charge in [0.05, 0.1) is 16.6 Å². The smallest absolute Gasteiger partial charge is 0.307 e. The Hall–Kier alpha value is -4.30. The van der Waals surface area contributed by atoms with E-state index >= 15 is 0 Å². The van der Waals surface area contributed by atoms with Gasteiger partial charge in [0.25, 0.3) is 0 Å². The normalized spacial score (nSPS) is 11.1. The summed E-state index contributed by atoms with van der Waals surface area (Å²) in [6.07, 6.45) is 3.23.